The van der Waals surface area contributed by atoms with Crippen molar-refractivity contribution in [1.29, 1.82) is 5.26 Å². The maximum atomic E-state index is 13.6. The quantitative estimate of drug-likeness (QED) is 0.456. The highest BCUT2D eigenvalue weighted by Crippen LogP contribution is 2.65. The predicted octanol–water partition coefficient (Wildman–Crippen LogP) is 5.86. The van der Waals surface area contributed by atoms with Crippen molar-refractivity contribution in [2.75, 3.05) is 26.2 Å². The van der Waals surface area contributed by atoms with Crippen LogP contribution in [0.4, 0.5) is 4.79 Å². The molecular weight excluding hydrogens is 467 g/mol. The van der Waals surface area contributed by atoms with Crippen LogP contribution in [0.2, 0.25) is 0 Å². The molecule has 1 aliphatic heterocycles. The minimum atomic E-state index is -0.112. The lowest BCUT2D eigenvalue weighted by Gasteiger charge is -2.32. The highest BCUT2D eigenvalue weighted by Gasteiger charge is 2.64. The second-order valence-electron chi connectivity index (χ2n) is 9.50. The van der Waals surface area contributed by atoms with Crippen molar-refractivity contribution in [2.24, 2.45) is 5.92 Å². The number of carbonyl (C=O) groups is 1. The van der Waals surface area contributed by atoms with Gasteiger partial charge >= 0.3 is 6.03 Å². The summed E-state index contributed by atoms with van der Waals surface area (Å²) in [5.41, 5.74) is 3.98. The van der Waals surface area contributed by atoms with Crippen molar-refractivity contribution in [3.05, 3.63) is 69.9 Å². The normalized spacial score (nSPS) is 27.0. The Morgan fingerprint density at radius 1 is 1.38 bits per heavy atom. The zero-order valence-corrected chi connectivity index (χ0v) is 21.2. The third-order valence-corrected chi connectivity index (χ3v) is 8.08. The van der Waals surface area contributed by atoms with Crippen molar-refractivity contribution in [3.63, 3.8) is 0 Å². The number of hydrogen-bond donors (Lipinski definition) is 1. The molecule has 0 radical (unpaired) electrons. The molecule has 180 valence electrons. The van der Waals surface area contributed by atoms with Crippen LogP contribution in [0.1, 0.15) is 50.2 Å². The van der Waals surface area contributed by atoms with Crippen LogP contribution in [0.3, 0.4) is 0 Å². The number of nitrogens with one attached hydrogen (secondary N) is 1. The fourth-order valence-electron chi connectivity index (χ4n) is 5.77. The van der Waals surface area contributed by atoms with Gasteiger partial charge in [-0.15, -0.1) is 0 Å². The average molecular weight is 499 g/mol. The van der Waals surface area contributed by atoms with E-state index in [1.807, 2.05) is 30.0 Å². The molecule has 3 atom stereocenters. The number of nitriles is 1. The minimum absolute atomic E-state index is 0.0899. The van der Waals surface area contributed by atoms with Gasteiger partial charge in [0.2, 0.25) is 0 Å². The molecule has 0 spiro atoms. The molecule has 1 aromatic rings. The molecule has 5 nitrogen and oxygen atoms in total. The molecule has 2 amide bonds. The summed E-state index contributed by atoms with van der Waals surface area (Å²) in [6.07, 6.45) is 10.7. The van der Waals surface area contributed by atoms with Gasteiger partial charge in [-0.2, -0.15) is 5.26 Å². The number of likely N-dealkylation sites (tertiary alicyclic amines) is 1. The van der Waals surface area contributed by atoms with E-state index in [-0.39, 0.29) is 17.5 Å². The standard InChI is InChI=1S/C27H32Cl2N4O/c1-2-22(29)17-23(9-11-28)31-26(34)33(15-14-32-12-3-4-13-32)25-8-10-27(18-24(25)27)21-7-5-6-20(16-21)19-30/h2,5-7,9,11,16-17,24-25H,3-4,8,10,12-15,18H2,1H3,(H,31,34)/b11-9+,22-2+,23-17+. The molecule has 34 heavy (non-hydrogen) atoms. The Morgan fingerprint density at radius 3 is 2.85 bits per heavy atom. The van der Waals surface area contributed by atoms with Crippen molar-refractivity contribution in [1.82, 2.24) is 15.1 Å². The van der Waals surface area contributed by atoms with Gasteiger partial charge in [0, 0.05) is 40.8 Å². The van der Waals surface area contributed by atoms with E-state index in [1.165, 1.54) is 23.9 Å². The highest BCUT2D eigenvalue weighted by atomic mass is 35.5. The molecule has 1 saturated heterocycles. The average Bonchev–Trinajstić information content (AvgIpc) is 3.16. The zero-order chi connectivity index (χ0) is 24.1. The summed E-state index contributed by atoms with van der Waals surface area (Å²) < 4.78 is 0. The maximum absolute atomic E-state index is 13.6. The van der Waals surface area contributed by atoms with E-state index in [1.54, 1.807) is 18.2 Å². The van der Waals surface area contributed by atoms with Crippen LogP contribution in [-0.2, 0) is 5.41 Å². The van der Waals surface area contributed by atoms with Crippen LogP contribution >= 0.6 is 23.2 Å². The minimum Gasteiger partial charge on any atom is -0.320 e. The lowest BCUT2D eigenvalue weighted by molar-refractivity contribution is 0.159. The lowest BCUT2D eigenvalue weighted by atomic mass is 9.92. The summed E-state index contributed by atoms with van der Waals surface area (Å²) in [4.78, 5) is 18.0. The molecule has 1 N–H and O–H groups in total. The molecular formula is C27H32Cl2N4O. The summed E-state index contributed by atoms with van der Waals surface area (Å²) in [5, 5.41) is 12.9. The van der Waals surface area contributed by atoms with Crippen molar-refractivity contribution < 1.29 is 4.79 Å². The number of hydrogen-bond acceptors (Lipinski definition) is 3. The van der Waals surface area contributed by atoms with E-state index < -0.39 is 0 Å². The highest BCUT2D eigenvalue weighted by molar-refractivity contribution is 6.31. The largest absolute Gasteiger partial charge is 0.322 e. The van der Waals surface area contributed by atoms with E-state index in [9.17, 15) is 10.1 Å². The number of fused-ring (bicyclic) bond motifs is 1. The number of allylic oxidation sites excluding steroid dienone is 4. The fraction of sp³-hybridized carbons (Fsp3) is 0.481. The van der Waals surface area contributed by atoms with E-state index in [0.717, 1.165) is 38.9 Å². The number of halogens is 2. The Kier molecular flexibility index (Phi) is 8.03. The smallest absolute Gasteiger partial charge is 0.320 e. The molecule has 7 heteroatoms. The van der Waals surface area contributed by atoms with E-state index in [2.05, 4.69) is 22.4 Å². The van der Waals surface area contributed by atoms with Crippen molar-refractivity contribution in [2.45, 2.75) is 50.5 Å². The first-order chi connectivity index (χ1) is 16.5. The molecule has 0 aromatic heterocycles. The summed E-state index contributed by atoms with van der Waals surface area (Å²) in [7, 11) is 0. The molecule has 2 saturated carbocycles. The molecule has 3 aliphatic rings. The van der Waals surface area contributed by atoms with Crippen LogP contribution in [-0.4, -0.2) is 48.1 Å². The Morgan fingerprint density at radius 2 is 2.18 bits per heavy atom. The molecule has 4 rings (SSSR count). The van der Waals surface area contributed by atoms with E-state index in [4.69, 9.17) is 23.2 Å². The van der Waals surface area contributed by atoms with Crippen LogP contribution in [0.25, 0.3) is 0 Å². The van der Waals surface area contributed by atoms with Crippen LogP contribution in [0, 0.1) is 17.2 Å². The van der Waals surface area contributed by atoms with Gasteiger partial charge in [-0.3, -0.25) is 0 Å². The Balaban J connectivity index is 1.53. The fourth-order valence-corrected chi connectivity index (χ4v) is 6.03. The summed E-state index contributed by atoms with van der Waals surface area (Å²) in [6.45, 7) is 5.62. The SMILES string of the molecule is C\C=C(Cl)/C=C(\C=C\Cl)NC(=O)N(CCN1CCCC1)C1CCC2(c3cccc(C#N)c3)CC12. The first-order valence-electron chi connectivity index (χ1n) is 12.1. The Bertz CT molecular complexity index is 1040. The van der Waals surface area contributed by atoms with Crippen molar-refractivity contribution in [3.8, 4) is 6.07 Å². The number of benzene rings is 1. The van der Waals surface area contributed by atoms with Gasteiger partial charge < -0.3 is 15.1 Å². The third-order valence-electron chi connectivity index (χ3n) is 7.63. The van der Waals surface area contributed by atoms with Gasteiger partial charge in [-0.1, -0.05) is 41.4 Å². The van der Waals surface area contributed by atoms with Gasteiger partial charge in [0.25, 0.3) is 0 Å². The lowest BCUT2D eigenvalue weighted by Crippen LogP contribution is -2.49. The third kappa shape index (κ3) is 5.35. The monoisotopic (exact) mass is 498 g/mol. The molecule has 3 unspecified atom stereocenters. The number of rotatable bonds is 8. The zero-order valence-electron chi connectivity index (χ0n) is 19.6. The summed E-state index contributed by atoms with van der Waals surface area (Å²) >= 11 is 12.0. The molecule has 3 fully saturated rings. The van der Waals surface area contributed by atoms with Gasteiger partial charge in [-0.05, 0) is 87.9 Å². The first-order valence-corrected chi connectivity index (χ1v) is 12.9. The van der Waals surface area contributed by atoms with Crippen molar-refractivity contribution >= 4 is 29.2 Å². The van der Waals surface area contributed by atoms with Gasteiger partial charge in [0.15, 0.2) is 0 Å². The van der Waals surface area contributed by atoms with E-state index in [0.29, 0.717) is 28.8 Å². The Labute approximate surface area is 212 Å². The van der Waals surface area contributed by atoms with Crippen LogP contribution < -0.4 is 5.32 Å². The topological polar surface area (TPSA) is 59.4 Å². The van der Waals surface area contributed by atoms with Crippen LogP contribution in [0.15, 0.2) is 58.8 Å². The molecule has 0 bridgehead atoms. The molecule has 1 heterocycles. The molecule has 2 aliphatic carbocycles. The Hall–Kier alpha value is -2.26. The number of amides is 2. The van der Waals surface area contributed by atoms with Gasteiger partial charge in [0.05, 0.1) is 11.6 Å². The predicted molar refractivity (Wildman–Crippen MR) is 138 cm³/mol. The number of urea groups is 1. The number of carbonyl (C=O) groups excluding carboxylic acids is 1. The second kappa shape index (κ2) is 11.0. The maximum Gasteiger partial charge on any atom is 0.322 e. The van der Waals surface area contributed by atoms with Gasteiger partial charge in [0.1, 0.15) is 0 Å². The van der Waals surface area contributed by atoms with Crippen LogP contribution in [0.5, 0.6) is 0 Å². The van der Waals surface area contributed by atoms with E-state index >= 15 is 0 Å². The first kappa shape index (κ1) is 24.9. The second-order valence-corrected chi connectivity index (χ2v) is 10.2. The summed E-state index contributed by atoms with van der Waals surface area (Å²) in [5.74, 6) is 0.417. The number of nitrogens with zero attached hydrogens (tertiary/aromatic N) is 3. The summed E-state index contributed by atoms with van der Waals surface area (Å²) in [6, 6.07) is 10.3. The van der Waals surface area contributed by atoms with Gasteiger partial charge in [-0.25, -0.2) is 4.79 Å². The molecule has 1 aromatic carbocycles.